The van der Waals surface area contributed by atoms with Gasteiger partial charge in [0.2, 0.25) is 5.89 Å². The Bertz CT molecular complexity index is 1470. The summed E-state index contributed by atoms with van der Waals surface area (Å²) >= 11 is 11.1. The van der Waals surface area contributed by atoms with Crippen LogP contribution in [0.1, 0.15) is 21.5 Å². The molecule has 11 heteroatoms. The van der Waals surface area contributed by atoms with Gasteiger partial charge in [0.15, 0.2) is 0 Å². The number of carbonyl (C=O) groups is 1. The Morgan fingerprint density at radius 2 is 1.86 bits per heavy atom. The number of halogens is 4. The van der Waals surface area contributed by atoms with Crippen LogP contribution in [0.15, 0.2) is 71.1 Å². The fraction of sp³-hybridized carbons (Fsp3) is 0.160. The Morgan fingerprint density at radius 3 is 2.61 bits per heavy atom. The van der Waals surface area contributed by atoms with Gasteiger partial charge in [-0.05, 0) is 55.0 Å². The Morgan fingerprint density at radius 1 is 1.14 bits per heavy atom. The van der Waals surface area contributed by atoms with Crippen molar-refractivity contribution >= 4 is 35.3 Å². The molecule has 1 heterocycles. The lowest BCUT2D eigenvalue weighted by Crippen LogP contribution is -2.24. The molecule has 0 amide bonds. The Balaban J connectivity index is 1.55. The molecular formula is C25H19ClF3N3O3S. The van der Waals surface area contributed by atoms with Crippen LogP contribution in [0, 0.1) is 11.8 Å². The van der Waals surface area contributed by atoms with E-state index in [0.717, 1.165) is 22.9 Å². The second-order valence-corrected chi connectivity index (χ2v) is 8.52. The summed E-state index contributed by atoms with van der Waals surface area (Å²) < 4.78 is 51.9. The average molecular weight is 534 g/mol. The summed E-state index contributed by atoms with van der Waals surface area (Å²) in [5.74, 6) is -1.05. The molecular weight excluding hydrogens is 515 g/mol. The summed E-state index contributed by atoms with van der Waals surface area (Å²) in [6, 6.07) is 18.6. The van der Waals surface area contributed by atoms with E-state index in [2.05, 4.69) is 10.4 Å². The van der Waals surface area contributed by atoms with Gasteiger partial charge in [-0.2, -0.15) is 13.2 Å². The van der Waals surface area contributed by atoms with Crippen molar-refractivity contribution in [2.75, 3.05) is 5.32 Å². The molecule has 0 aliphatic carbocycles. The quantitative estimate of drug-likeness (QED) is 0.190. The number of aryl methyl sites for hydroxylation is 1. The number of Topliss-reactive ketones (excluding diaryl/α,β-unsaturated/α-hetero) is 1. The third-order valence-corrected chi connectivity index (χ3v) is 5.76. The van der Waals surface area contributed by atoms with Gasteiger partial charge in [0.1, 0.15) is 19.0 Å². The minimum atomic E-state index is -5.05. The minimum absolute atomic E-state index is 0.00185. The van der Waals surface area contributed by atoms with E-state index in [1.807, 2.05) is 49.4 Å². The van der Waals surface area contributed by atoms with E-state index in [-0.39, 0.29) is 34.7 Å². The van der Waals surface area contributed by atoms with Gasteiger partial charge < -0.3 is 14.5 Å². The lowest BCUT2D eigenvalue weighted by Gasteiger charge is -2.13. The maximum Gasteiger partial charge on any atom is 0.454 e. The van der Waals surface area contributed by atoms with Crippen molar-refractivity contribution in [3.05, 3.63) is 93.3 Å². The van der Waals surface area contributed by atoms with Crippen LogP contribution in [0.4, 0.5) is 18.9 Å². The first-order chi connectivity index (χ1) is 17.1. The topological polar surface area (TPSA) is 69.3 Å². The Labute approximate surface area is 214 Å². The number of hydrogen-bond acceptors (Lipinski definition) is 6. The highest BCUT2D eigenvalue weighted by atomic mass is 35.5. The molecule has 0 unspecified atom stereocenters. The van der Waals surface area contributed by atoms with Crippen LogP contribution in [0.5, 0.6) is 5.75 Å². The number of carbonyl (C=O) groups excluding carboxylic acids is 1. The van der Waals surface area contributed by atoms with Crippen LogP contribution < -0.4 is 10.1 Å². The lowest BCUT2D eigenvalue weighted by atomic mass is 10.1. The van der Waals surface area contributed by atoms with Crippen molar-refractivity contribution in [3.8, 4) is 17.2 Å². The standard InChI is InChI=1S/C25H19ClF3N3O3S/c1-15-6-2-5-9-21(15)34-13-16-7-3-4-8-18(16)23-31-32(24(36)35-23)14-30-20-11-10-17(26)12-19(20)22(33)25(27,28)29/h2-12,30H,13-14H2,1H3. The summed E-state index contributed by atoms with van der Waals surface area (Å²) in [4.78, 5) is 11.8. The monoisotopic (exact) mass is 533 g/mol. The number of ketones is 1. The third kappa shape index (κ3) is 5.77. The number of benzene rings is 3. The molecule has 0 saturated heterocycles. The predicted molar refractivity (Wildman–Crippen MR) is 132 cm³/mol. The van der Waals surface area contributed by atoms with Crippen molar-refractivity contribution in [1.82, 2.24) is 9.78 Å². The zero-order chi connectivity index (χ0) is 25.9. The first-order valence-electron chi connectivity index (χ1n) is 10.6. The molecule has 0 saturated carbocycles. The summed E-state index contributed by atoms with van der Waals surface area (Å²) in [5.41, 5.74) is 1.76. The number of anilines is 1. The maximum atomic E-state index is 13.0. The molecule has 0 atom stereocenters. The number of nitrogens with zero attached hydrogens (tertiary/aromatic N) is 2. The molecule has 186 valence electrons. The molecule has 4 rings (SSSR count). The summed E-state index contributed by atoms with van der Waals surface area (Å²) in [6.07, 6.45) is -5.05. The first-order valence-corrected chi connectivity index (χ1v) is 11.4. The van der Waals surface area contributed by atoms with Crippen molar-refractivity contribution < 1.29 is 27.1 Å². The number of para-hydroxylation sites is 1. The fourth-order valence-corrected chi connectivity index (χ4v) is 3.77. The number of aromatic nitrogens is 2. The van der Waals surface area contributed by atoms with Crippen LogP contribution in [-0.4, -0.2) is 21.7 Å². The average Bonchev–Trinajstić information content (AvgIpc) is 3.22. The van der Waals surface area contributed by atoms with Crippen molar-refractivity contribution in [2.45, 2.75) is 26.4 Å². The molecule has 1 N–H and O–H groups in total. The highest BCUT2D eigenvalue weighted by molar-refractivity contribution is 7.71. The maximum absolute atomic E-state index is 13.0. The van der Waals surface area contributed by atoms with E-state index in [0.29, 0.717) is 5.56 Å². The molecule has 0 spiro atoms. The molecule has 6 nitrogen and oxygen atoms in total. The fourth-order valence-electron chi connectivity index (χ4n) is 3.41. The van der Waals surface area contributed by atoms with Crippen LogP contribution >= 0.6 is 23.8 Å². The minimum Gasteiger partial charge on any atom is -0.489 e. The van der Waals surface area contributed by atoms with Gasteiger partial charge in [0.05, 0.1) is 5.56 Å². The number of ether oxygens (including phenoxy) is 1. The lowest BCUT2D eigenvalue weighted by molar-refractivity contribution is -0.0884. The summed E-state index contributed by atoms with van der Waals surface area (Å²) in [5, 5.41) is 7.11. The van der Waals surface area contributed by atoms with E-state index in [1.54, 1.807) is 6.07 Å². The molecule has 3 aromatic carbocycles. The van der Waals surface area contributed by atoms with Gasteiger partial charge in [-0.25, -0.2) is 4.68 Å². The van der Waals surface area contributed by atoms with E-state index >= 15 is 0 Å². The second kappa shape index (κ2) is 10.5. The highest BCUT2D eigenvalue weighted by Gasteiger charge is 2.40. The smallest absolute Gasteiger partial charge is 0.454 e. The zero-order valence-corrected chi connectivity index (χ0v) is 20.4. The molecule has 0 aliphatic heterocycles. The number of alkyl halides is 3. The van der Waals surface area contributed by atoms with Gasteiger partial charge in [-0.3, -0.25) is 4.79 Å². The van der Waals surface area contributed by atoms with E-state index in [9.17, 15) is 18.0 Å². The molecule has 0 aliphatic rings. The van der Waals surface area contributed by atoms with Crippen LogP contribution in [-0.2, 0) is 13.3 Å². The molecule has 1 aromatic heterocycles. The van der Waals surface area contributed by atoms with Crippen molar-refractivity contribution in [2.24, 2.45) is 0 Å². The third-order valence-electron chi connectivity index (χ3n) is 5.23. The van der Waals surface area contributed by atoms with Gasteiger partial charge >= 0.3 is 6.18 Å². The molecule has 0 fully saturated rings. The Hall–Kier alpha value is -3.63. The largest absolute Gasteiger partial charge is 0.489 e. The van der Waals surface area contributed by atoms with Crippen LogP contribution in [0.25, 0.3) is 11.5 Å². The van der Waals surface area contributed by atoms with E-state index < -0.39 is 17.5 Å². The normalized spacial score (nSPS) is 11.4. The second-order valence-electron chi connectivity index (χ2n) is 7.74. The number of nitrogens with one attached hydrogen (secondary N) is 1. The van der Waals surface area contributed by atoms with E-state index in [4.69, 9.17) is 33.0 Å². The molecule has 36 heavy (non-hydrogen) atoms. The first kappa shape index (κ1) is 25.5. The summed E-state index contributed by atoms with van der Waals surface area (Å²) in [6.45, 7) is 2.05. The molecule has 4 aromatic rings. The van der Waals surface area contributed by atoms with E-state index in [1.165, 1.54) is 16.8 Å². The molecule has 0 bridgehead atoms. The van der Waals surface area contributed by atoms with Crippen molar-refractivity contribution in [1.29, 1.82) is 0 Å². The number of rotatable bonds is 8. The van der Waals surface area contributed by atoms with Gasteiger partial charge in [0, 0.05) is 21.8 Å². The zero-order valence-electron chi connectivity index (χ0n) is 18.8. The summed E-state index contributed by atoms with van der Waals surface area (Å²) in [7, 11) is 0. The highest BCUT2D eigenvalue weighted by Crippen LogP contribution is 2.29. The van der Waals surface area contributed by atoms with Gasteiger partial charge in [-0.1, -0.05) is 48.0 Å². The van der Waals surface area contributed by atoms with Crippen molar-refractivity contribution in [3.63, 3.8) is 0 Å². The van der Waals surface area contributed by atoms with Gasteiger partial charge in [0.25, 0.3) is 10.6 Å². The number of hydrogen-bond donors (Lipinski definition) is 1. The predicted octanol–water partition coefficient (Wildman–Crippen LogP) is 7.23. The SMILES string of the molecule is Cc1ccccc1OCc1ccccc1-c1nn(CNc2ccc(Cl)cc2C(=O)C(F)(F)F)c(=S)o1. The molecule has 0 radical (unpaired) electrons. The van der Waals surface area contributed by atoms with Gasteiger partial charge in [-0.15, -0.1) is 5.10 Å². The van der Waals surface area contributed by atoms with Crippen LogP contribution in [0.2, 0.25) is 5.02 Å². The van der Waals surface area contributed by atoms with Crippen LogP contribution in [0.3, 0.4) is 0 Å². The Kier molecular flexibility index (Phi) is 7.46.